The van der Waals surface area contributed by atoms with Crippen molar-refractivity contribution in [1.29, 1.82) is 10.7 Å². The molecule has 0 unspecified atom stereocenters. The normalized spacial score (nSPS) is 11.7. The molecule has 1 aromatic carbocycles. The number of nitrogens with one attached hydrogen (secondary N) is 1. The smallest absolute Gasteiger partial charge is 0.168 e. The molecule has 118 valence electrons. The fourth-order valence-corrected chi connectivity index (χ4v) is 3.20. The number of thioether (sulfide) groups is 1. The van der Waals surface area contributed by atoms with E-state index in [1.165, 1.54) is 18.7 Å². The van der Waals surface area contributed by atoms with Crippen LogP contribution in [-0.4, -0.2) is 26.8 Å². The van der Waals surface area contributed by atoms with Crippen molar-refractivity contribution >= 4 is 23.3 Å². The number of benzene rings is 1. The van der Waals surface area contributed by atoms with E-state index < -0.39 is 5.92 Å². The number of aromatic nitrogens is 2. The molecule has 6 heteroatoms. The molecule has 0 aliphatic heterocycles. The van der Waals surface area contributed by atoms with Gasteiger partial charge in [0.15, 0.2) is 10.9 Å². The van der Waals surface area contributed by atoms with Crippen molar-refractivity contribution in [2.75, 3.05) is 5.75 Å². The topological polar surface area (TPSA) is 82.5 Å². The number of hydrogen-bond acceptors (Lipinski definition) is 5. The molecule has 0 aliphatic carbocycles. The molecule has 1 aromatic heterocycles. The van der Waals surface area contributed by atoms with Gasteiger partial charge in [-0.2, -0.15) is 5.26 Å². The Kier molecular flexibility index (Phi) is 5.72. The van der Waals surface area contributed by atoms with E-state index in [1.807, 2.05) is 47.9 Å². The van der Waals surface area contributed by atoms with Gasteiger partial charge in [-0.3, -0.25) is 4.79 Å². The van der Waals surface area contributed by atoms with Crippen LogP contribution in [0, 0.1) is 22.7 Å². The molecule has 0 spiro atoms. The molecular weight excluding hydrogens is 308 g/mol. The molecule has 5 nitrogen and oxygen atoms in total. The molecule has 0 aliphatic rings. The van der Waals surface area contributed by atoms with Gasteiger partial charge in [0, 0.05) is 12.3 Å². The van der Waals surface area contributed by atoms with Crippen LogP contribution >= 0.6 is 11.8 Å². The molecule has 0 bridgehead atoms. The molecule has 1 atom stereocenters. The molecule has 0 saturated heterocycles. The van der Waals surface area contributed by atoms with Crippen molar-refractivity contribution < 1.29 is 4.79 Å². The Morgan fingerprint density at radius 1 is 1.43 bits per heavy atom. The average molecular weight is 326 g/mol. The Hall–Kier alpha value is -2.39. The van der Waals surface area contributed by atoms with E-state index >= 15 is 0 Å². The predicted octanol–water partition coefficient (Wildman–Crippen LogP) is 3.41. The number of Topliss-reactive ketones (excluding diaryl/α,β-unsaturated/α-hetero) is 1. The van der Waals surface area contributed by atoms with Crippen LogP contribution in [0.1, 0.15) is 13.8 Å². The maximum absolute atomic E-state index is 12.0. The number of carbonyl (C=O) groups excluding carboxylic acids is 1. The third-order valence-electron chi connectivity index (χ3n) is 3.43. The molecule has 0 radical (unpaired) electrons. The average Bonchev–Trinajstić information content (AvgIpc) is 2.97. The van der Waals surface area contributed by atoms with E-state index in [9.17, 15) is 4.79 Å². The van der Waals surface area contributed by atoms with E-state index in [0.717, 1.165) is 23.0 Å². The van der Waals surface area contributed by atoms with Gasteiger partial charge in [-0.15, -0.1) is 0 Å². The number of hydrogen-bond donors (Lipinski definition) is 1. The van der Waals surface area contributed by atoms with Crippen molar-refractivity contribution in [2.45, 2.75) is 25.5 Å². The molecule has 0 fully saturated rings. The summed E-state index contributed by atoms with van der Waals surface area (Å²) in [4.78, 5) is 16.4. The molecular formula is C17H18N4OS. The zero-order chi connectivity index (χ0) is 16.8. The Bertz CT molecular complexity index is 746. The lowest BCUT2D eigenvalue weighted by atomic mass is 10.0. The quantitative estimate of drug-likeness (QED) is 0.624. The highest BCUT2D eigenvalue weighted by Gasteiger charge is 2.21. The lowest BCUT2D eigenvalue weighted by Gasteiger charge is -2.10. The fourth-order valence-electron chi connectivity index (χ4n) is 2.25. The first-order valence-electron chi connectivity index (χ1n) is 7.29. The third-order valence-corrected chi connectivity index (χ3v) is 4.45. The number of carbonyl (C=O) groups is 1. The first-order valence-corrected chi connectivity index (χ1v) is 8.28. The summed E-state index contributed by atoms with van der Waals surface area (Å²) in [6.45, 7) is 4.25. The van der Waals surface area contributed by atoms with Crippen LogP contribution in [0.3, 0.4) is 0 Å². The van der Waals surface area contributed by atoms with E-state index in [-0.39, 0.29) is 17.2 Å². The summed E-state index contributed by atoms with van der Waals surface area (Å²) in [5, 5.41) is 17.2. The van der Waals surface area contributed by atoms with Gasteiger partial charge in [-0.25, -0.2) is 4.98 Å². The minimum Gasteiger partial charge on any atom is -0.319 e. The van der Waals surface area contributed by atoms with Crippen LogP contribution in [0.15, 0.2) is 41.7 Å². The van der Waals surface area contributed by atoms with Crippen molar-refractivity contribution in [1.82, 2.24) is 9.55 Å². The number of ketones is 1. The maximum atomic E-state index is 12.0. The predicted molar refractivity (Wildman–Crippen MR) is 91.6 cm³/mol. The highest BCUT2D eigenvalue weighted by Crippen LogP contribution is 2.26. The highest BCUT2D eigenvalue weighted by molar-refractivity contribution is 7.99. The van der Waals surface area contributed by atoms with Crippen LogP contribution in [0.5, 0.6) is 0 Å². The van der Waals surface area contributed by atoms with Gasteiger partial charge in [-0.05, 0) is 19.4 Å². The Balaban J connectivity index is 2.16. The Labute approximate surface area is 139 Å². The standard InChI is InChI=1S/C17H18N4OS/c1-3-21-15(13-7-5-4-6-8-13)10-20-17(21)23-11-16(22)14(9-18)12(2)19/h4-8,10,14,19H,3,11H2,1-2H3/t14-/m0/s1. The Morgan fingerprint density at radius 2 is 2.13 bits per heavy atom. The molecule has 2 aromatic rings. The summed E-state index contributed by atoms with van der Waals surface area (Å²) in [5.74, 6) is -1.07. The van der Waals surface area contributed by atoms with Gasteiger partial charge < -0.3 is 9.98 Å². The largest absolute Gasteiger partial charge is 0.319 e. The zero-order valence-electron chi connectivity index (χ0n) is 13.1. The monoisotopic (exact) mass is 326 g/mol. The van der Waals surface area contributed by atoms with Crippen LogP contribution < -0.4 is 0 Å². The van der Waals surface area contributed by atoms with E-state index in [0.29, 0.717) is 0 Å². The second-order valence-corrected chi connectivity index (χ2v) is 5.98. The van der Waals surface area contributed by atoms with Gasteiger partial charge in [0.05, 0.1) is 23.7 Å². The number of rotatable bonds is 7. The molecule has 1 N–H and O–H groups in total. The molecule has 2 rings (SSSR count). The molecule has 23 heavy (non-hydrogen) atoms. The van der Waals surface area contributed by atoms with E-state index in [4.69, 9.17) is 10.7 Å². The molecule has 1 heterocycles. The minimum absolute atomic E-state index is 0.0851. The summed E-state index contributed by atoms with van der Waals surface area (Å²) in [7, 11) is 0. The zero-order valence-corrected chi connectivity index (χ0v) is 13.9. The maximum Gasteiger partial charge on any atom is 0.168 e. The number of nitrogens with zero attached hydrogens (tertiary/aromatic N) is 3. The Morgan fingerprint density at radius 3 is 2.70 bits per heavy atom. The summed E-state index contributed by atoms with van der Waals surface area (Å²) >= 11 is 1.31. The summed E-state index contributed by atoms with van der Waals surface area (Å²) in [6, 6.07) is 11.8. The van der Waals surface area contributed by atoms with Crippen molar-refractivity contribution in [3.63, 3.8) is 0 Å². The van der Waals surface area contributed by atoms with Gasteiger partial charge in [-0.1, -0.05) is 42.1 Å². The van der Waals surface area contributed by atoms with Crippen molar-refractivity contribution in [2.24, 2.45) is 5.92 Å². The van der Waals surface area contributed by atoms with Crippen LogP contribution in [0.2, 0.25) is 0 Å². The number of nitriles is 1. The van der Waals surface area contributed by atoms with Crippen LogP contribution in [-0.2, 0) is 11.3 Å². The lowest BCUT2D eigenvalue weighted by molar-refractivity contribution is -0.117. The van der Waals surface area contributed by atoms with Crippen molar-refractivity contribution in [3.05, 3.63) is 36.5 Å². The minimum atomic E-state index is -0.957. The van der Waals surface area contributed by atoms with E-state index in [1.54, 1.807) is 6.20 Å². The van der Waals surface area contributed by atoms with Crippen LogP contribution in [0.25, 0.3) is 11.3 Å². The molecule has 0 amide bonds. The highest BCUT2D eigenvalue weighted by atomic mass is 32.2. The van der Waals surface area contributed by atoms with Gasteiger partial charge in [0.1, 0.15) is 5.92 Å². The lowest BCUT2D eigenvalue weighted by Crippen LogP contribution is -2.21. The van der Waals surface area contributed by atoms with Crippen LogP contribution in [0.4, 0.5) is 0 Å². The van der Waals surface area contributed by atoms with Gasteiger partial charge in [0.25, 0.3) is 0 Å². The first-order chi connectivity index (χ1) is 11.1. The summed E-state index contributed by atoms with van der Waals surface area (Å²) in [5.41, 5.74) is 2.16. The third kappa shape index (κ3) is 3.88. The van der Waals surface area contributed by atoms with Gasteiger partial charge in [0.2, 0.25) is 0 Å². The first kappa shape index (κ1) is 17.0. The number of imidazole rings is 1. The van der Waals surface area contributed by atoms with Gasteiger partial charge >= 0.3 is 0 Å². The summed E-state index contributed by atoms with van der Waals surface area (Å²) < 4.78 is 2.05. The summed E-state index contributed by atoms with van der Waals surface area (Å²) in [6.07, 6.45) is 1.80. The second kappa shape index (κ2) is 7.75. The van der Waals surface area contributed by atoms with E-state index in [2.05, 4.69) is 4.98 Å². The fraction of sp³-hybridized carbons (Fsp3) is 0.294. The second-order valence-electron chi connectivity index (χ2n) is 5.04. The molecule has 0 saturated carbocycles. The van der Waals surface area contributed by atoms with Crippen molar-refractivity contribution in [3.8, 4) is 17.3 Å². The SMILES string of the molecule is CCn1c(-c2ccccc2)cnc1SCC(=O)[C@@H](C#N)C(C)=N.